The van der Waals surface area contributed by atoms with Crippen LogP contribution in [0.15, 0.2) is 54.7 Å². The molecule has 1 aromatic heterocycles. The molecule has 0 N–H and O–H groups in total. The summed E-state index contributed by atoms with van der Waals surface area (Å²) in [4.78, 5) is 18.8. The lowest BCUT2D eigenvalue weighted by Crippen LogP contribution is -2.28. The predicted molar refractivity (Wildman–Crippen MR) is 96.7 cm³/mol. The molecule has 0 fully saturated rings. The fraction of sp³-hybridized carbons (Fsp3) is 0.190. The largest absolute Gasteiger partial charge is 0.333 e. The summed E-state index contributed by atoms with van der Waals surface area (Å²) in [6.07, 6.45) is 1.79. The van der Waals surface area contributed by atoms with Crippen LogP contribution >= 0.6 is 0 Å². The highest BCUT2D eigenvalue weighted by Crippen LogP contribution is 2.34. The molecule has 25 heavy (non-hydrogen) atoms. The van der Waals surface area contributed by atoms with E-state index in [1.54, 1.807) is 11.1 Å². The van der Waals surface area contributed by atoms with Gasteiger partial charge in [-0.1, -0.05) is 30.3 Å². The van der Waals surface area contributed by atoms with Crippen molar-refractivity contribution < 1.29 is 4.79 Å². The normalized spacial score (nSPS) is 14.4. The van der Waals surface area contributed by atoms with Gasteiger partial charge in [0.1, 0.15) is 0 Å². The summed E-state index contributed by atoms with van der Waals surface area (Å²) in [7, 11) is 0. The summed E-state index contributed by atoms with van der Waals surface area (Å²) in [5, 5.41) is 10.1. The van der Waals surface area contributed by atoms with Gasteiger partial charge in [-0.05, 0) is 41.8 Å². The average molecular weight is 327 g/mol. The number of hydrogen-bond donors (Lipinski definition) is 0. The van der Waals surface area contributed by atoms with Crippen LogP contribution in [-0.4, -0.2) is 22.3 Å². The molecular formula is C21H17N3O. The minimum atomic E-state index is -0.174. The molecule has 2 aromatic carbocycles. The Hall–Kier alpha value is -3.19. The van der Waals surface area contributed by atoms with Crippen molar-refractivity contribution in [3.8, 4) is 17.2 Å². The quantitative estimate of drug-likeness (QED) is 0.730. The van der Waals surface area contributed by atoms with E-state index in [9.17, 15) is 4.79 Å². The van der Waals surface area contributed by atoms with Gasteiger partial charge in [-0.3, -0.25) is 9.78 Å². The second-order valence-electron chi connectivity index (χ2n) is 6.46. The summed E-state index contributed by atoms with van der Waals surface area (Å²) < 4.78 is 0. The minimum absolute atomic E-state index is 0.0119. The van der Waals surface area contributed by atoms with E-state index in [-0.39, 0.29) is 11.8 Å². The first-order chi connectivity index (χ1) is 12.2. The molecule has 0 bridgehead atoms. The Morgan fingerprint density at radius 3 is 2.88 bits per heavy atom. The molecule has 0 aliphatic carbocycles. The smallest absolute Gasteiger partial charge is 0.254 e. The summed E-state index contributed by atoms with van der Waals surface area (Å²) >= 11 is 0. The topological polar surface area (TPSA) is 57.0 Å². The van der Waals surface area contributed by atoms with Crippen molar-refractivity contribution in [1.29, 1.82) is 5.26 Å². The number of fused-ring (bicyclic) bond motifs is 2. The van der Waals surface area contributed by atoms with E-state index in [1.165, 1.54) is 0 Å². The second kappa shape index (κ2) is 6.03. The van der Waals surface area contributed by atoms with Gasteiger partial charge in [0.15, 0.2) is 0 Å². The molecule has 1 aliphatic rings. The number of benzene rings is 2. The zero-order chi connectivity index (χ0) is 17.4. The Morgan fingerprint density at radius 1 is 1.20 bits per heavy atom. The van der Waals surface area contributed by atoms with Crippen LogP contribution in [0.5, 0.6) is 0 Å². The van der Waals surface area contributed by atoms with Gasteiger partial charge in [-0.15, -0.1) is 0 Å². The molecule has 0 saturated carbocycles. The lowest BCUT2D eigenvalue weighted by atomic mass is 9.96. The number of carbonyl (C=O) groups is 1. The molecule has 122 valence electrons. The SMILES string of the molecule is CC(C#N)CN1Cc2c(cccc2-c2ccc3cccnc3c2)C1=O. The van der Waals surface area contributed by atoms with Crippen molar-refractivity contribution in [2.24, 2.45) is 5.92 Å². The number of nitrogens with zero attached hydrogens (tertiary/aromatic N) is 3. The van der Waals surface area contributed by atoms with Crippen LogP contribution in [0.4, 0.5) is 0 Å². The Bertz CT molecular complexity index is 1020. The van der Waals surface area contributed by atoms with Crippen molar-refractivity contribution in [3.05, 3.63) is 65.9 Å². The molecule has 1 unspecified atom stereocenters. The highest BCUT2D eigenvalue weighted by atomic mass is 16.2. The van der Waals surface area contributed by atoms with E-state index in [4.69, 9.17) is 5.26 Å². The molecule has 2 heterocycles. The molecule has 1 atom stereocenters. The summed E-state index contributed by atoms with van der Waals surface area (Å²) in [6.45, 7) is 2.85. The first kappa shape index (κ1) is 15.3. The van der Waals surface area contributed by atoms with Gasteiger partial charge in [0.05, 0.1) is 17.5 Å². The van der Waals surface area contributed by atoms with E-state index >= 15 is 0 Å². The van der Waals surface area contributed by atoms with Crippen molar-refractivity contribution in [1.82, 2.24) is 9.88 Å². The van der Waals surface area contributed by atoms with E-state index in [2.05, 4.69) is 29.3 Å². The van der Waals surface area contributed by atoms with Crippen molar-refractivity contribution in [2.45, 2.75) is 13.5 Å². The molecule has 0 spiro atoms. The molecule has 0 radical (unpaired) electrons. The first-order valence-electron chi connectivity index (χ1n) is 8.33. The fourth-order valence-corrected chi connectivity index (χ4v) is 3.41. The van der Waals surface area contributed by atoms with E-state index in [0.717, 1.165) is 33.2 Å². The Balaban J connectivity index is 1.76. The molecule has 3 aromatic rings. The number of hydrogen-bond acceptors (Lipinski definition) is 3. The van der Waals surface area contributed by atoms with Gasteiger partial charge < -0.3 is 4.90 Å². The molecule has 0 saturated heterocycles. The van der Waals surface area contributed by atoms with Gasteiger partial charge in [0.25, 0.3) is 5.91 Å². The fourth-order valence-electron chi connectivity index (χ4n) is 3.41. The van der Waals surface area contributed by atoms with E-state index in [1.807, 2.05) is 37.3 Å². The maximum Gasteiger partial charge on any atom is 0.254 e. The Kier molecular flexibility index (Phi) is 3.70. The molecular weight excluding hydrogens is 310 g/mol. The lowest BCUT2D eigenvalue weighted by molar-refractivity contribution is 0.0767. The predicted octanol–water partition coefficient (Wildman–Crippen LogP) is 4.02. The minimum Gasteiger partial charge on any atom is -0.333 e. The van der Waals surface area contributed by atoms with Crippen molar-refractivity contribution in [3.63, 3.8) is 0 Å². The number of pyridine rings is 1. The monoisotopic (exact) mass is 327 g/mol. The van der Waals surface area contributed by atoms with Crippen LogP contribution in [0, 0.1) is 17.2 Å². The van der Waals surface area contributed by atoms with Gasteiger partial charge in [-0.2, -0.15) is 5.26 Å². The number of amides is 1. The summed E-state index contributed by atoms with van der Waals surface area (Å²) in [5.74, 6) is -0.163. The second-order valence-corrected chi connectivity index (χ2v) is 6.46. The molecule has 4 nitrogen and oxygen atoms in total. The zero-order valence-corrected chi connectivity index (χ0v) is 13.9. The highest BCUT2D eigenvalue weighted by molar-refractivity contribution is 6.01. The van der Waals surface area contributed by atoms with Crippen LogP contribution in [0.3, 0.4) is 0 Å². The molecule has 4 heteroatoms. The third-order valence-corrected chi connectivity index (χ3v) is 4.67. The molecule has 1 amide bonds. The molecule has 1 aliphatic heterocycles. The lowest BCUT2D eigenvalue weighted by Gasteiger charge is -2.16. The third kappa shape index (κ3) is 2.64. The van der Waals surface area contributed by atoms with Gasteiger partial charge in [0.2, 0.25) is 0 Å². The van der Waals surface area contributed by atoms with Gasteiger partial charge in [-0.25, -0.2) is 0 Å². The standard InChI is InChI=1S/C21H17N3O/c1-14(11-22)12-24-13-19-17(5-2-6-18(19)21(24)25)16-8-7-15-4-3-9-23-20(15)10-16/h2-10,14H,12-13H2,1H3. The van der Waals surface area contributed by atoms with Crippen LogP contribution in [-0.2, 0) is 6.54 Å². The van der Waals surface area contributed by atoms with Crippen LogP contribution in [0.1, 0.15) is 22.8 Å². The Morgan fingerprint density at radius 2 is 2.04 bits per heavy atom. The zero-order valence-electron chi connectivity index (χ0n) is 13.9. The van der Waals surface area contributed by atoms with Crippen molar-refractivity contribution in [2.75, 3.05) is 6.54 Å². The van der Waals surface area contributed by atoms with E-state index < -0.39 is 0 Å². The number of nitriles is 1. The average Bonchev–Trinajstić information content (AvgIpc) is 2.97. The first-order valence-corrected chi connectivity index (χ1v) is 8.33. The maximum atomic E-state index is 12.6. The summed E-state index contributed by atoms with van der Waals surface area (Å²) in [5.41, 5.74) is 4.84. The highest BCUT2D eigenvalue weighted by Gasteiger charge is 2.30. The van der Waals surface area contributed by atoms with E-state index in [0.29, 0.717) is 13.1 Å². The maximum absolute atomic E-state index is 12.6. The number of aromatic nitrogens is 1. The van der Waals surface area contributed by atoms with Crippen molar-refractivity contribution >= 4 is 16.8 Å². The van der Waals surface area contributed by atoms with Gasteiger partial charge >= 0.3 is 0 Å². The molecule has 4 rings (SSSR count). The Labute approximate surface area is 146 Å². The van der Waals surface area contributed by atoms with Crippen LogP contribution in [0.25, 0.3) is 22.0 Å². The van der Waals surface area contributed by atoms with Crippen LogP contribution in [0.2, 0.25) is 0 Å². The van der Waals surface area contributed by atoms with Gasteiger partial charge in [0, 0.05) is 30.2 Å². The number of carbonyl (C=O) groups excluding carboxylic acids is 1. The number of rotatable bonds is 3. The summed E-state index contributed by atoms with van der Waals surface area (Å²) in [6, 6.07) is 18.2. The van der Waals surface area contributed by atoms with Crippen LogP contribution < -0.4 is 0 Å². The third-order valence-electron chi connectivity index (χ3n) is 4.67.